The third-order valence-electron chi connectivity index (χ3n) is 3.00. The summed E-state index contributed by atoms with van der Waals surface area (Å²) in [4.78, 5) is 47.2. The normalized spacial score (nSPS) is 18.9. The molecule has 0 unspecified atom stereocenters. The number of nitrogens with zero attached hydrogens (tertiary/aromatic N) is 2. The zero-order valence-electron chi connectivity index (χ0n) is 9.25. The summed E-state index contributed by atoms with van der Waals surface area (Å²) in [6.45, 7) is 0. The standard InChI is InChI=1S/C12H8N2O4/c15-9-5-6-10(16)13(9)14-11(17)7-3-1-2-4-8(7)12(14)18/h1-4H,5-6H2. The molecule has 1 aromatic carbocycles. The summed E-state index contributed by atoms with van der Waals surface area (Å²) in [7, 11) is 0. The third kappa shape index (κ3) is 1.22. The van der Waals surface area contributed by atoms with E-state index in [1.165, 1.54) is 12.1 Å². The van der Waals surface area contributed by atoms with Gasteiger partial charge in [0.15, 0.2) is 0 Å². The van der Waals surface area contributed by atoms with Crippen LogP contribution in [-0.4, -0.2) is 33.6 Å². The van der Waals surface area contributed by atoms with E-state index in [1.807, 2.05) is 0 Å². The molecule has 90 valence electrons. The van der Waals surface area contributed by atoms with Crippen LogP contribution in [0, 0.1) is 0 Å². The number of benzene rings is 1. The Hall–Kier alpha value is -2.50. The third-order valence-corrected chi connectivity index (χ3v) is 3.00. The Balaban J connectivity index is 2.07. The fourth-order valence-corrected chi connectivity index (χ4v) is 2.15. The Labute approximate surface area is 102 Å². The van der Waals surface area contributed by atoms with Crippen molar-refractivity contribution in [2.75, 3.05) is 0 Å². The summed E-state index contributed by atoms with van der Waals surface area (Å²) >= 11 is 0. The highest BCUT2D eigenvalue weighted by Crippen LogP contribution is 2.27. The smallest absolute Gasteiger partial charge is 0.272 e. The van der Waals surface area contributed by atoms with E-state index in [9.17, 15) is 19.2 Å². The van der Waals surface area contributed by atoms with Crippen molar-refractivity contribution >= 4 is 23.6 Å². The first kappa shape index (κ1) is 10.6. The van der Waals surface area contributed by atoms with Crippen LogP contribution in [0.4, 0.5) is 0 Å². The minimum Gasteiger partial charge on any atom is -0.272 e. The van der Waals surface area contributed by atoms with Gasteiger partial charge in [-0.05, 0) is 12.1 Å². The number of carbonyl (C=O) groups is 4. The molecule has 0 atom stereocenters. The Bertz CT molecular complexity index is 557. The summed E-state index contributed by atoms with van der Waals surface area (Å²) in [5.41, 5.74) is 0.435. The molecule has 1 aromatic rings. The molecule has 2 aliphatic heterocycles. The molecule has 0 saturated carbocycles. The summed E-state index contributed by atoms with van der Waals surface area (Å²) < 4.78 is 0. The quantitative estimate of drug-likeness (QED) is 0.668. The van der Waals surface area contributed by atoms with Crippen molar-refractivity contribution in [2.45, 2.75) is 12.8 Å². The fraction of sp³-hybridized carbons (Fsp3) is 0.167. The fourth-order valence-electron chi connectivity index (χ4n) is 2.15. The van der Waals surface area contributed by atoms with E-state index in [-0.39, 0.29) is 24.0 Å². The van der Waals surface area contributed by atoms with Gasteiger partial charge in [0.2, 0.25) is 11.8 Å². The Kier molecular flexibility index (Phi) is 2.07. The molecule has 1 saturated heterocycles. The summed E-state index contributed by atoms with van der Waals surface area (Å²) in [6.07, 6.45) is 0.0679. The summed E-state index contributed by atoms with van der Waals surface area (Å²) in [6, 6.07) is 6.25. The first-order valence-electron chi connectivity index (χ1n) is 5.45. The second-order valence-electron chi connectivity index (χ2n) is 4.07. The second kappa shape index (κ2) is 3.49. The molecule has 6 heteroatoms. The topological polar surface area (TPSA) is 74.8 Å². The molecule has 2 aliphatic rings. The van der Waals surface area contributed by atoms with E-state index in [0.29, 0.717) is 10.0 Å². The molecule has 18 heavy (non-hydrogen) atoms. The van der Waals surface area contributed by atoms with Gasteiger partial charge in [-0.2, -0.15) is 10.0 Å². The number of hydrazine groups is 1. The van der Waals surface area contributed by atoms with Gasteiger partial charge in [-0.15, -0.1) is 0 Å². The molecule has 0 bridgehead atoms. The van der Waals surface area contributed by atoms with Crippen LogP contribution in [0.25, 0.3) is 0 Å². The van der Waals surface area contributed by atoms with Crippen molar-refractivity contribution < 1.29 is 19.2 Å². The highest BCUT2D eigenvalue weighted by Gasteiger charge is 2.45. The number of carbonyl (C=O) groups excluding carboxylic acids is 4. The minimum absolute atomic E-state index is 0.0340. The summed E-state index contributed by atoms with van der Waals surface area (Å²) in [5.74, 6) is -2.29. The van der Waals surface area contributed by atoms with Gasteiger partial charge < -0.3 is 0 Å². The number of rotatable bonds is 1. The van der Waals surface area contributed by atoms with Crippen molar-refractivity contribution in [2.24, 2.45) is 0 Å². The van der Waals surface area contributed by atoms with Gasteiger partial charge in [0.05, 0.1) is 11.1 Å². The largest absolute Gasteiger partial charge is 0.281 e. The lowest BCUT2D eigenvalue weighted by Gasteiger charge is -2.22. The highest BCUT2D eigenvalue weighted by molar-refractivity contribution is 6.23. The predicted octanol–water partition coefficient (Wildman–Crippen LogP) is 0.347. The van der Waals surface area contributed by atoms with Crippen LogP contribution in [0.15, 0.2) is 24.3 Å². The summed E-state index contributed by atoms with van der Waals surface area (Å²) in [5, 5.41) is 1.30. The van der Waals surface area contributed by atoms with E-state index in [4.69, 9.17) is 0 Å². The lowest BCUT2D eigenvalue weighted by molar-refractivity contribution is -0.149. The van der Waals surface area contributed by atoms with Gasteiger partial charge in [-0.3, -0.25) is 19.2 Å². The van der Waals surface area contributed by atoms with E-state index < -0.39 is 23.6 Å². The molecule has 0 N–H and O–H groups in total. The van der Waals surface area contributed by atoms with Crippen LogP contribution in [-0.2, 0) is 9.59 Å². The molecule has 0 spiro atoms. The van der Waals surface area contributed by atoms with Crippen molar-refractivity contribution in [3.63, 3.8) is 0 Å². The molecular formula is C12H8N2O4. The average Bonchev–Trinajstić information content (AvgIpc) is 2.81. The minimum atomic E-state index is -0.626. The van der Waals surface area contributed by atoms with Crippen LogP contribution in [0.3, 0.4) is 0 Å². The Morgan fingerprint density at radius 2 is 1.17 bits per heavy atom. The molecule has 3 rings (SSSR count). The van der Waals surface area contributed by atoms with Gasteiger partial charge in [-0.25, -0.2) is 0 Å². The number of hydrogen-bond acceptors (Lipinski definition) is 4. The average molecular weight is 244 g/mol. The molecule has 4 amide bonds. The molecular weight excluding hydrogens is 236 g/mol. The zero-order chi connectivity index (χ0) is 12.9. The number of hydrogen-bond donors (Lipinski definition) is 0. The van der Waals surface area contributed by atoms with Crippen LogP contribution >= 0.6 is 0 Å². The van der Waals surface area contributed by atoms with Crippen LogP contribution in [0.5, 0.6) is 0 Å². The predicted molar refractivity (Wildman–Crippen MR) is 58.0 cm³/mol. The van der Waals surface area contributed by atoms with Crippen molar-refractivity contribution in [3.8, 4) is 0 Å². The maximum atomic E-state index is 12.0. The van der Waals surface area contributed by atoms with Gasteiger partial charge in [-0.1, -0.05) is 12.1 Å². The number of imide groups is 2. The maximum absolute atomic E-state index is 12.0. The van der Waals surface area contributed by atoms with Gasteiger partial charge in [0.1, 0.15) is 0 Å². The Morgan fingerprint density at radius 3 is 1.61 bits per heavy atom. The van der Waals surface area contributed by atoms with E-state index >= 15 is 0 Å². The van der Waals surface area contributed by atoms with Crippen molar-refractivity contribution in [3.05, 3.63) is 35.4 Å². The molecule has 0 radical (unpaired) electrons. The Morgan fingerprint density at radius 1 is 0.722 bits per heavy atom. The molecule has 0 aromatic heterocycles. The first-order valence-corrected chi connectivity index (χ1v) is 5.45. The van der Waals surface area contributed by atoms with Crippen LogP contribution in [0.1, 0.15) is 33.6 Å². The van der Waals surface area contributed by atoms with Gasteiger partial charge >= 0.3 is 0 Å². The lowest BCUT2D eigenvalue weighted by atomic mass is 10.1. The molecule has 6 nitrogen and oxygen atoms in total. The lowest BCUT2D eigenvalue weighted by Crippen LogP contribution is -2.49. The monoisotopic (exact) mass is 244 g/mol. The zero-order valence-corrected chi connectivity index (χ0v) is 9.25. The van der Waals surface area contributed by atoms with Crippen molar-refractivity contribution in [1.82, 2.24) is 10.0 Å². The van der Waals surface area contributed by atoms with Crippen molar-refractivity contribution in [1.29, 1.82) is 0 Å². The highest BCUT2D eigenvalue weighted by atomic mass is 16.2. The number of amides is 4. The van der Waals surface area contributed by atoms with E-state index in [1.54, 1.807) is 12.1 Å². The SMILES string of the molecule is O=C1CCC(=O)N1N1C(=O)c2ccccc2C1=O. The van der Waals surface area contributed by atoms with E-state index in [0.717, 1.165) is 0 Å². The van der Waals surface area contributed by atoms with Crippen LogP contribution < -0.4 is 0 Å². The van der Waals surface area contributed by atoms with E-state index in [2.05, 4.69) is 0 Å². The first-order chi connectivity index (χ1) is 8.61. The molecule has 1 fully saturated rings. The maximum Gasteiger partial charge on any atom is 0.281 e. The van der Waals surface area contributed by atoms with Gasteiger partial charge in [0, 0.05) is 12.8 Å². The molecule has 0 aliphatic carbocycles. The second-order valence-corrected chi connectivity index (χ2v) is 4.07. The molecule has 2 heterocycles. The number of fused-ring (bicyclic) bond motifs is 1. The van der Waals surface area contributed by atoms with Gasteiger partial charge in [0.25, 0.3) is 11.8 Å². The van der Waals surface area contributed by atoms with Crippen LogP contribution in [0.2, 0.25) is 0 Å².